The monoisotopic (exact) mass is 369 g/mol. The lowest BCUT2D eigenvalue weighted by Crippen LogP contribution is -2.22. The number of ether oxygens (including phenoxy) is 2. The molecule has 3 nitrogen and oxygen atoms in total. The van der Waals surface area contributed by atoms with Crippen molar-refractivity contribution in [2.45, 2.75) is 13.1 Å². The summed E-state index contributed by atoms with van der Waals surface area (Å²) in [6.07, 6.45) is 0. The van der Waals surface area contributed by atoms with Gasteiger partial charge in [-0.15, -0.1) is 0 Å². The van der Waals surface area contributed by atoms with Crippen molar-refractivity contribution in [2.75, 3.05) is 19.1 Å². The molecule has 0 radical (unpaired) electrons. The highest BCUT2D eigenvalue weighted by Crippen LogP contribution is 2.24. The normalized spacial score (nSPS) is 10.5. The number of hydrogen-bond donors (Lipinski definition) is 0. The van der Waals surface area contributed by atoms with E-state index in [4.69, 9.17) is 9.47 Å². The van der Waals surface area contributed by atoms with Gasteiger partial charge in [-0.3, -0.25) is 0 Å². The summed E-state index contributed by atoms with van der Waals surface area (Å²) < 4.78 is 37.9. The van der Waals surface area contributed by atoms with Crippen LogP contribution in [0.3, 0.4) is 0 Å². The topological polar surface area (TPSA) is 21.7 Å². The van der Waals surface area contributed by atoms with Crippen LogP contribution in [-0.4, -0.2) is 14.2 Å². The molecule has 3 aromatic rings. The third-order valence-corrected chi connectivity index (χ3v) is 4.28. The van der Waals surface area contributed by atoms with Crippen molar-refractivity contribution in [2.24, 2.45) is 0 Å². The molecule has 0 aromatic heterocycles. The first-order valence-corrected chi connectivity index (χ1v) is 8.54. The molecule has 0 bridgehead atoms. The molecule has 3 rings (SSSR count). The summed E-state index contributed by atoms with van der Waals surface area (Å²) in [5.41, 5.74) is 2.50. The van der Waals surface area contributed by atoms with Gasteiger partial charge in [-0.25, -0.2) is 8.78 Å². The molecule has 0 aliphatic heterocycles. The Balaban J connectivity index is 1.88. The zero-order valence-electron chi connectivity index (χ0n) is 15.3. The lowest BCUT2D eigenvalue weighted by Gasteiger charge is -2.25. The summed E-state index contributed by atoms with van der Waals surface area (Å²) in [6.45, 7) is 0.998. The second-order valence-electron chi connectivity index (χ2n) is 6.18. The predicted octanol–water partition coefficient (Wildman–Crippen LogP) is 5.19. The molecule has 0 saturated carbocycles. The maximum absolute atomic E-state index is 13.8. The van der Waals surface area contributed by atoms with Crippen molar-refractivity contribution < 1.29 is 18.3 Å². The van der Waals surface area contributed by atoms with Crippen LogP contribution in [-0.2, 0) is 13.1 Å². The van der Waals surface area contributed by atoms with Crippen LogP contribution in [0.15, 0.2) is 66.7 Å². The second-order valence-corrected chi connectivity index (χ2v) is 6.18. The summed E-state index contributed by atoms with van der Waals surface area (Å²) in [7, 11) is 3.22. The summed E-state index contributed by atoms with van der Waals surface area (Å²) in [4.78, 5) is 1.93. The number of halogens is 2. The van der Waals surface area contributed by atoms with Crippen molar-refractivity contribution >= 4 is 5.69 Å². The molecule has 0 fully saturated rings. The average Bonchev–Trinajstić information content (AvgIpc) is 2.68. The number of nitrogens with zero attached hydrogens (tertiary/aromatic N) is 1. The minimum absolute atomic E-state index is 0.485. The van der Waals surface area contributed by atoms with Crippen LogP contribution < -0.4 is 14.4 Å². The molecule has 27 heavy (non-hydrogen) atoms. The number of rotatable bonds is 7. The Hall–Kier alpha value is -3.08. The van der Waals surface area contributed by atoms with Crippen LogP contribution in [0, 0.1) is 11.6 Å². The third kappa shape index (κ3) is 4.97. The first kappa shape index (κ1) is 18.7. The summed E-state index contributed by atoms with van der Waals surface area (Å²) in [6, 6.07) is 18.8. The molecule has 3 aromatic carbocycles. The smallest absolute Gasteiger partial charge is 0.128 e. The second kappa shape index (κ2) is 8.54. The Bertz CT molecular complexity index is 810. The Morgan fingerprint density at radius 2 is 1.07 bits per heavy atom. The van der Waals surface area contributed by atoms with Crippen molar-refractivity contribution in [1.29, 1.82) is 0 Å². The molecular formula is C22H21F2NO2. The summed E-state index contributed by atoms with van der Waals surface area (Å²) >= 11 is 0. The van der Waals surface area contributed by atoms with Gasteiger partial charge in [0.1, 0.15) is 23.1 Å². The maximum Gasteiger partial charge on any atom is 0.128 e. The van der Waals surface area contributed by atoms with E-state index in [1.165, 1.54) is 12.1 Å². The van der Waals surface area contributed by atoms with E-state index in [-0.39, 0.29) is 0 Å². The predicted molar refractivity (Wildman–Crippen MR) is 102 cm³/mol. The van der Waals surface area contributed by atoms with Crippen LogP contribution in [0.5, 0.6) is 11.5 Å². The van der Waals surface area contributed by atoms with E-state index in [1.807, 2.05) is 53.4 Å². The van der Waals surface area contributed by atoms with Gasteiger partial charge in [0.2, 0.25) is 0 Å². The van der Waals surface area contributed by atoms with Gasteiger partial charge in [0, 0.05) is 24.8 Å². The first-order chi connectivity index (χ1) is 13.1. The Labute approximate surface area is 157 Å². The zero-order chi connectivity index (χ0) is 19.2. The third-order valence-electron chi connectivity index (χ3n) is 4.28. The molecule has 0 N–H and O–H groups in total. The maximum atomic E-state index is 13.8. The molecule has 0 aliphatic carbocycles. The fraction of sp³-hybridized carbons (Fsp3) is 0.182. The Kier molecular flexibility index (Phi) is 5.91. The van der Waals surface area contributed by atoms with Crippen LogP contribution in [0.2, 0.25) is 0 Å². The van der Waals surface area contributed by atoms with Crippen LogP contribution in [0.1, 0.15) is 11.1 Å². The van der Waals surface area contributed by atoms with Crippen molar-refractivity contribution in [3.8, 4) is 11.5 Å². The first-order valence-electron chi connectivity index (χ1n) is 8.54. The largest absolute Gasteiger partial charge is 0.497 e. The minimum Gasteiger partial charge on any atom is -0.497 e. The fourth-order valence-electron chi connectivity index (χ4n) is 2.86. The number of benzene rings is 3. The van der Waals surface area contributed by atoms with E-state index in [2.05, 4.69) is 0 Å². The average molecular weight is 369 g/mol. The molecule has 0 heterocycles. The highest BCUT2D eigenvalue weighted by atomic mass is 19.1. The van der Waals surface area contributed by atoms with E-state index in [0.29, 0.717) is 18.8 Å². The van der Waals surface area contributed by atoms with E-state index in [0.717, 1.165) is 28.7 Å². The molecule has 140 valence electrons. The van der Waals surface area contributed by atoms with E-state index in [1.54, 1.807) is 14.2 Å². The fourth-order valence-corrected chi connectivity index (χ4v) is 2.86. The molecule has 0 saturated heterocycles. The molecule has 0 atom stereocenters. The Morgan fingerprint density at radius 1 is 0.667 bits per heavy atom. The SMILES string of the molecule is COc1ccc(CN(Cc2ccc(OC)cc2)c2cc(F)cc(F)c2)cc1. The summed E-state index contributed by atoms with van der Waals surface area (Å²) in [5, 5.41) is 0. The van der Waals surface area contributed by atoms with Gasteiger partial charge in [-0.05, 0) is 47.5 Å². The molecule has 5 heteroatoms. The van der Waals surface area contributed by atoms with Crippen molar-refractivity contribution in [3.63, 3.8) is 0 Å². The van der Waals surface area contributed by atoms with Gasteiger partial charge in [-0.1, -0.05) is 24.3 Å². The highest BCUT2D eigenvalue weighted by Gasteiger charge is 2.12. The molecular weight excluding hydrogens is 348 g/mol. The van der Waals surface area contributed by atoms with E-state index < -0.39 is 11.6 Å². The highest BCUT2D eigenvalue weighted by molar-refractivity contribution is 5.48. The Morgan fingerprint density at radius 3 is 1.44 bits per heavy atom. The van der Waals surface area contributed by atoms with Gasteiger partial charge < -0.3 is 14.4 Å². The lowest BCUT2D eigenvalue weighted by molar-refractivity contribution is 0.414. The van der Waals surface area contributed by atoms with Gasteiger partial charge in [-0.2, -0.15) is 0 Å². The minimum atomic E-state index is -0.598. The van der Waals surface area contributed by atoms with Gasteiger partial charge >= 0.3 is 0 Å². The van der Waals surface area contributed by atoms with Gasteiger partial charge in [0.05, 0.1) is 14.2 Å². The summed E-state index contributed by atoms with van der Waals surface area (Å²) in [5.74, 6) is 0.327. The molecule has 0 spiro atoms. The number of hydrogen-bond acceptors (Lipinski definition) is 3. The molecule has 0 unspecified atom stereocenters. The quantitative estimate of drug-likeness (QED) is 0.572. The number of methoxy groups -OCH3 is 2. The molecule has 0 amide bonds. The van der Waals surface area contributed by atoms with E-state index >= 15 is 0 Å². The van der Waals surface area contributed by atoms with E-state index in [9.17, 15) is 8.78 Å². The van der Waals surface area contributed by atoms with Crippen LogP contribution >= 0.6 is 0 Å². The van der Waals surface area contributed by atoms with Crippen LogP contribution in [0.4, 0.5) is 14.5 Å². The molecule has 0 aliphatic rings. The van der Waals surface area contributed by atoms with Crippen molar-refractivity contribution in [3.05, 3.63) is 89.5 Å². The van der Waals surface area contributed by atoms with Gasteiger partial charge in [0.15, 0.2) is 0 Å². The standard InChI is InChI=1S/C22H21F2NO2/c1-26-21-7-3-16(4-8-21)14-25(20-12-18(23)11-19(24)13-20)15-17-5-9-22(27-2)10-6-17/h3-13H,14-15H2,1-2H3. The van der Waals surface area contributed by atoms with Crippen molar-refractivity contribution in [1.82, 2.24) is 0 Å². The van der Waals surface area contributed by atoms with Crippen LogP contribution in [0.25, 0.3) is 0 Å². The zero-order valence-corrected chi connectivity index (χ0v) is 15.3. The number of anilines is 1. The lowest BCUT2D eigenvalue weighted by atomic mass is 10.1. The van der Waals surface area contributed by atoms with Gasteiger partial charge in [0.25, 0.3) is 0 Å².